The van der Waals surface area contributed by atoms with E-state index in [-0.39, 0.29) is 24.3 Å². The highest BCUT2D eigenvalue weighted by atomic mass is 35.5. The molecule has 1 N–H and O–H groups in total. The van der Waals surface area contributed by atoms with Gasteiger partial charge in [0, 0.05) is 21.6 Å². The van der Waals surface area contributed by atoms with Crippen LogP contribution in [0.15, 0.2) is 72.1 Å². The Morgan fingerprint density at radius 1 is 1.00 bits per heavy atom. The van der Waals surface area contributed by atoms with Crippen LogP contribution in [0.5, 0.6) is 0 Å². The molecule has 3 aromatic rings. The Hall–Kier alpha value is -2.63. The molecular formula is C25H25ClN2O2S. The van der Waals surface area contributed by atoms with E-state index in [1.165, 1.54) is 11.3 Å². The SMILES string of the molecule is O=C(NC1CCCC1)C(c1ccccc1)N(C(=O)Cc1cccs1)c1ccc(Cl)cc1. The Morgan fingerprint density at radius 3 is 2.35 bits per heavy atom. The van der Waals surface area contributed by atoms with Gasteiger partial charge in [-0.3, -0.25) is 14.5 Å². The van der Waals surface area contributed by atoms with Crippen LogP contribution in [0.3, 0.4) is 0 Å². The molecule has 2 aromatic carbocycles. The quantitative estimate of drug-likeness (QED) is 0.494. The molecule has 0 aliphatic heterocycles. The second kappa shape index (κ2) is 10.1. The number of rotatable bonds is 7. The summed E-state index contributed by atoms with van der Waals surface area (Å²) in [5.74, 6) is -0.271. The Morgan fingerprint density at radius 2 is 1.71 bits per heavy atom. The number of anilines is 1. The molecule has 1 fully saturated rings. The highest BCUT2D eigenvalue weighted by molar-refractivity contribution is 7.10. The topological polar surface area (TPSA) is 49.4 Å². The monoisotopic (exact) mass is 452 g/mol. The molecule has 4 nitrogen and oxygen atoms in total. The molecular weight excluding hydrogens is 428 g/mol. The molecule has 0 saturated heterocycles. The van der Waals surface area contributed by atoms with Crippen LogP contribution in [-0.2, 0) is 16.0 Å². The number of hydrogen-bond acceptors (Lipinski definition) is 3. The number of carbonyl (C=O) groups excluding carboxylic acids is 2. The van der Waals surface area contributed by atoms with Crippen molar-refractivity contribution < 1.29 is 9.59 Å². The number of nitrogens with one attached hydrogen (secondary N) is 1. The number of hydrogen-bond donors (Lipinski definition) is 1. The van der Waals surface area contributed by atoms with E-state index < -0.39 is 6.04 Å². The van der Waals surface area contributed by atoms with Gasteiger partial charge in [-0.15, -0.1) is 11.3 Å². The fourth-order valence-electron chi connectivity index (χ4n) is 4.09. The molecule has 0 spiro atoms. The Labute approximate surface area is 191 Å². The van der Waals surface area contributed by atoms with Gasteiger partial charge in [0.15, 0.2) is 0 Å². The lowest BCUT2D eigenvalue weighted by Gasteiger charge is -2.32. The van der Waals surface area contributed by atoms with Crippen molar-refractivity contribution in [2.24, 2.45) is 0 Å². The highest BCUT2D eigenvalue weighted by Gasteiger charge is 2.34. The van der Waals surface area contributed by atoms with E-state index in [0.717, 1.165) is 36.1 Å². The first-order chi connectivity index (χ1) is 15.1. The van der Waals surface area contributed by atoms with Crippen LogP contribution >= 0.6 is 22.9 Å². The summed E-state index contributed by atoms with van der Waals surface area (Å²) >= 11 is 7.64. The molecule has 1 aliphatic rings. The molecule has 4 rings (SSSR count). The third-order valence-electron chi connectivity index (χ3n) is 5.60. The van der Waals surface area contributed by atoms with E-state index in [1.807, 2.05) is 47.8 Å². The zero-order valence-electron chi connectivity index (χ0n) is 17.2. The average Bonchev–Trinajstić information content (AvgIpc) is 3.47. The number of nitrogens with zero attached hydrogens (tertiary/aromatic N) is 1. The van der Waals surface area contributed by atoms with Gasteiger partial charge < -0.3 is 5.32 Å². The van der Waals surface area contributed by atoms with E-state index in [1.54, 1.807) is 29.2 Å². The largest absolute Gasteiger partial charge is 0.351 e. The van der Waals surface area contributed by atoms with Gasteiger partial charge >= 0.3 is 0 Å². The van der Waals surface area contributed by atoms with Gasteiger partial charge in [-0.25, -0.2) is 0 Å². The minimum Gasteiger partial charge on any atom is -0.351 e. The predicted octanol–water partition coefficient (Wildman–Crippen LogP) is 5.78. The van der Waals surface area contributed by atoms with Crippen molar-refractivity contribution in [3.05, 3.63) is 87.6 Å². The minimum absolute atomic E-state index is 0.125. The first kappa shape index (κ1) is 21.6. The Bertz CT molecular complexity index is 1000. The molecule has 31 heavy (non-hydrogen) atoms. The minimum atomic E-state index is -0.754. The van der Waals surface area contributed by atoms with Crippen molar-refractivity contribution in [1.82, 2.24) is 5.32 Å². The molecule has 0 radical (unpaired) electrons. The fraction of sp³-hybridized carbons (Fsp3) is 0.280. The van der Waals surface area contributed by atoms with Crippen LogP contribution in [0.25, 0.3) is 0 Å². The van der Waals surface area contributed by atoms with Crippen molar-refractivity contribution in [3.63, 3.8) is 0 Å². The number of benzene rings is 2. The molecule has 1 unspecified atom stereocenters. The summed E-state index contributed by atoms with van der Waals surface area (Å²) in [6.45, 7) is 0. The first-order valence-electron chi connectivity index (χ1n) is 10.6. The van der Waals surface area contributed by atoms with Crippen LogP contribution in [0.4, 0.5) is 5.69 Å². The molecule has 1 aromatic heterocycles. The van der Waals surface area contributed by atoms with E-state index in [9.17, 15) is 9.59 Å². The summed E-state index contributed by atoms with van der Waals surface area (Å²) in [5.41, 5.74) is 1.44. The molecule has 1 heterocycles. The smallest absolute Gasteiger partial charge is 0.248 e. The zero-order chi connectivity index (χ0) is 21.6. The number of amides is 2. The number of halogens is 1. The highest BCUT2D eigenvalue weighted by Crippen LogP contribution is 2.31. The van der Waals surface area contributed by atoms with Gasteiger partial charge in [-0.2, -0.15) is 0 Å². The molecule has 1 aliphatic carbocycles. The number of thiophene rings is 1. The Balaban J connectivity index is 1.73. The summed E-state index contributed by atoms with van der Waals surface area (Å²) in [5, 5.41) is 5.74. The fourth-order valence-corrected chi connectivity index (χ4v) is 4.91. The molecule has 1 atom stereocenters. The lowest BCUT2D eigenvalue weighted by molar-refractivity contribution is -0.127. The summed E-state index contributed by atoms with van der Waals surface area (Å²) in [4.78, 5) is 29.7. The lowest BCUT2D eigenvalue weighted by atomic mass is 10.0. The maximum absolute atomic E-state index is 13.6. The Kier molecular flexibility index (Phi) is 7.05. The van der Waals surface area contributed by atoms with Crippen molar-refractivity contribution >= 4 is 40.4 Å². The third kappa shape index (κ3) is 5.35. The van der Waals surface area contributed by atoms with Crippen molar-refractivity contribution in [3.8, 4) is 0 Å². The average molecular weight is 453 g/mol. The lowest BCUT2D eigenvalue weighted by Crippen LogP contribution is -2.46. The maximum atomic E-state index is 13.6. The van der Waals surface area contributed by atoms with E-state index in [4.69, 9.17) is 11.6 Å². The predicted molar refractivity (Wildman–Crippen MR) is 127 cm³/mol. The van der Waals surface area contributed by atoms with Gasteiger partial charge in [0.25, 0.3) is 0 Å². The van der Waals surface area contributed by atoms with Crippen LogP contribution in [0.2, 0.25) is 5.02 Å². The van der Waals surface area contributed by atoms with E-state index in [0.29, 0.717) is 10.7 Å². The molecule has 1 saturated carbocycles. The van der Waals surface area contributed by atoms with Gasteiger partial charge in [0.2, 0.25) is 11.8 Å². The second-order valence-corrected chi connectivity index (χ2v) is 9.27. The maximum Gasteiger partial charge on any atom is 0.248 e. The third-order valence-corrected chi connectivity index (χ3v) is 6.73. The molecule has 160 valence electrons. The van der Waals surface area contributed by atoms with Crippen LogP contribution in [-0.4, -0.2) is 17.9 Å². The van der Waals surface area contributed by atoms with Crippen molar-refractivity contribution in [2.75, 3.05) is 4.90 Å². The van der Waals surface area contributed by atoms with Crippen LogP contribution < -0.4 is 10.2 Å². The number of carbonyl (C=O) groups is 2. The van der Waals surface area contributed by atoms with Crippen molar-refractivity contribution in [2.45, 2.75) is 44.2 Å². The van der Waals surface area contributed by atoms with Gasteiger partial charge in [-0.05, 0) is 54.1 Å². The zero-order valence-corrected chi connectivity index (χ0v) is 18.7. The van der Waals surface area contributed by atoms with Crippen LogP contribution in [0.1, 0.15) is 42.2 Å². The van der Waals surface area contributed by atoms with Gasteiger partial charge in [-0.1, -0.05) is 60.8 Å². The van der Waals surface area contributed by atoms with E-state index in [2.05, 4.69) is 5.32 Å². The molecule has 6 heteroatoms. The van der Waals surface area contributed by atoms with Gasteiger partial charge in [0.05, 0.1) is 6.42 Å². The molecule has 2 amide bonds. The summed E-state index contributed by atoms with van der Waals surface area (Å²) < 4.78 is 0. The van der Waals surface area contributed by atoms with Gasteiger partial charge in [0.1, 0.15) is 6.04 Å². The first-order valence-corrected chi connectivity index (χ1v) is 11.8. The summed E-state index contributed by atoms with van der Waals surface area (Å²) in [7, 11) is 0. The summed E-state index contributed by atoms with van der Waals surface area (Å²) in [6.07, 6.45) is 4.45. The summed E-state index contributed by atoms with van der Waals surface area (Å²) in [6, 6.07) is 19.9. The second-order valence-electron chi connectivity index (χ2n) is 7.80. The standard InChI is InChI=1S/C25H25ClN2O2S/c26-19-12-14-21(15-13-19)28(23(29)17-22-11-6-16-31-22)24(18-7-2-1-3-8-18)25(30)27-20-9-4-5-10-20/h1-3,6-8,11-16,20,24H,4-5,9-10,17H2,(H,27,30). The molecule has 0 bridgehead atoms. The van der Waals surface area contributed by atoms with Crippen molar-refractivity contribution in [1.29, 1.82) is 0 Å². The normalized spacial score (nSPS) is 14.9. The van der Waals surface area contributed by atoms with Crippen LogP contribution in [0, 0.1) is 0 Å². The van der Waals surface area contributed by atoms with E-state index >= 15 is 0 Å².